The van der Waals surface area contributed by atoms with E-state index >= 15 is 0 Å². The molecule has 7 heteroatoms. The molecule has 30 heavy (non-hydrogen) atoms. The van der Waals surface area contributed by atoms with Crippen LogP contribution in [0.5, 0.6) is 0 Å². The predicted octanol–water partition coefficient (Wildman–Crippen LogP) is 3.73. The molecule has 156 valence electrons. The monoisotopic (exact) mass is 424 g/mol. The minimum Gasteiger partial charge on any atom is -0.618 e. The van der Waals surface area contributed by atoms with E-state index in [1.165, 1.54) is 18.0 Å². The Morgan fingerprint density at radius 2 is 1.87 bits per heavy atom. The molecular formula is C23H24N2O4S. The van der Waals surface area contributed by atoms with Crippen molar-refractivity contribution in [3.63, 3.8) is 0 Å². The number of nitrogen functional groups attached to an aromatic ring is 1. The zero-order valence-corrected chi connectivity index (χ0v) is 17.2. The Hall–Kier alpha value is -2.58. The highest BCUT2D eigenvalue weighted by Crippen LogP contribution is 2.39. The van der Waals surface area contributed by atoms with Gasteiger partial charge in [-0.3, -0.25) is 0 Å². The number of thioether (sulfide) groups is 1. The Morgan fingerprint density at radius 1 is 1.03 bits per heavy atom. The van der Waals surface area contributed by atoms with Crippen LogP contribution in [0, 0.1) is 5.21 Å². The molecule has 3 atom stereocenters. The molecule has 6 nitrogen and oxygen atoms in total. The number of anilines is 1. The van der Waals surface area contributed by atoms with Gasteiger partial charge in [0.2, 0.25) is 0 Å². The summed E-state index contributed by atoms with van der Waals surface area (Å²) in [4.78, 5) is 0. The van der Waals surface area contributed by atoms with Gasteiger partial charge in [0, 0.05) is 35.6 Å². The fourth-order valence-electron chi connectivity index (χ4n) is 3.43. The van der Waals surface area contributed by atoms with E-state index in [1.807, 2.05) is 54.6 Å². The second kappa shape index (κ2) is 9.49. The molecule has 0 bridgehead atoms. The lowest BCUT2D eigenvalue weighted by Crippen LogP contribution is -2.32. The van der Waals surface area contributed by atoms with Crippen LogP contribution in [0.4, 0.5) is 5.69 Å². The molecule has 3 N–H and O–H groups in total. The van der Waals surface area contributed by atoms with E-state index in [9.17, 15) is 10.3 Å². The number of ether oxygens (including phenoxy) is 2. The van der Waals surface area contributed by atoms with Gasteiger partial charge in [-0.25, -0.2) is 0 Å². The van der Waals surface area contributed by atoms with Crippen molar-refractivity contribution in [2.45, 2.75) is 36.6 Å². The zero-order valence-electron chi connectivity index (χ0n) is 16.4. The SMILES string of the molecule is Nc1cccc([C@H]2O[C@@H](CSc3cccc[n+]3[O-])C[C@@H](c3ccc(CO)cc3)O2)c1. The van der Waals surface area contributed by atoms with E-state index in [2.05, 4.69) is 0 Å². The number of aromatic nitrogens is 1. The van der Waals surface area contributed by atoms with Crippen LogP contribution in [0.15, 0.2) is 78.0 Å². The van der Waals surface area contributed by atoms with Gasteiger partial charge in [0.25, 0.3) is 5.03 Å². The summed E-state index contributed by atoms with van der Waals surface area (Å²) in [5.74, 6) is 0.625. The van der Waals surface area contributed by atoms with Crippen LogP contribution in [-0.4, -0.2) is 17.0 Å². The van der Waals surface area contributed by atoms with Gasteiger partial charge in [-0.2, -0.15) is 4.73 Å². The van der Waals surface area contributed by atoms with Gasteiger partial charge in [0.1, 0.15) is 0 Å². The average Bonchev–Trinajstić information content (AvgIpc) is 2.78. The van der Waals surface area contributed by atoms with Gasteiger partial charge in [0.05, 0.1) is 18.8 Å². The van der Waals surface area contributed by atoms with Crippen molar-refractivity contribution in [1.82, 2.24) is 0 Å². The summed E-state index contributed by atoms with van der Waals surface area (Å²) in [7, 11) is 0. The summed E-state index contributed by atoms with van der Waals surface area (Å²) >= 11 is 1.47. The summed E-state index contributed by atoms with van der Waals surface area (Å²) in [6, 6.07) is 20.6. The van der Waals surface area contributed by atoms with E-state index in [4.69, 9.17) is 15.2 Å². The number of pyridine rings is 1. The first-order valence-electron chi connectivity index (χ1n) is 9.79. The van der Waals surface area contributed by atoms with E-state index in [0.717, 1.165) is 21.4 Å². The topological polar surface area (TPSA) is 91.7 Å². The molecule has 1 fully saturated rings. The van der Waals surface area contributed by atoms with Crippen LogP contribution in [-0.2, 0) is 16.1 Å². The maximum absolute atomic E-state index is 12.0. The van der Waals surface area contributed by atoms with Gasteiger partial charge >= 0.3 is 0 Å². The molecule has 0 aliphatic carbocycles. The number of hydrogen-bond donors (Lipinski definition) is 2. The Morgan fingerprint density at radius 3 is 2.60 bits per heavy atom. The molecular weight excluding hydrogens is 400 g/mol. The fraction of sp³-hybridized carbons (Fsp3) is 0.261. The molecule has 2 aromatic carbocycles. The van der Waals surface area contributed by atoms with Crippen LogP contribution < -0.4 is 10.5 Å². The number of nitrogens with two attached hydrogens (primary N) is 1. The van der Waals surface area contributed by atoms with Crippen LogP contribution in [0.25, 0.3) is 0 Å². The van der Waals surface area contributed by atoms with Crippen molar-refractivity contribution in [3.05, 3.63) is 94.8 Å². The molecule has 0 radical (unpaired) electrons. The van der Waals surface area contributed by atoms with Crippen molar-refractivity contribution < 1.29 is 19.3 Å². The molecule has 1 aromatic heterocycles. The van der Waals surface area contributed by atoms with E-state index < -0.39 is 6.29 Å². The molecule has 0 saturated carbocycles. The molecule has 3 aromatic rings. The third-order valence-electron chi connectivity index (χ3n) is 5.00. The van der Waals surface area contributed by atoms with Gasteiger partial charge in [-0.1, -0.05) is 48.2 Å². The lowest BCUT2D eigenvalue weighted by atomic mass is 10.0. The Labute approximate surface area is 179 Å². The maximum atomic E-state index is 12.0. The Kier molecular flexibility index (Phi) is 6.54. The Bertz CT molecular complexity index is 983. The molecule has 1 aliphatic rings. The van der Waals surface area contributed by atoms with Crippen molar-refractivity contribution in [2.75, 3.05) is 11.5 Å². The smallest absolute Gasteiger partial charge is 0.251 e. The molecule has 0 unspecified atom stereocenters. The summed E-state index contributed by atoms with van der Waals surface area (Å²) in [6.45, 7) is 0.00632. The summed E-state index contributed by atoms with van der Waals surface area (Å²) in [6.07, 6.45) is 1.33. The van der Waals surface area contributed by atoms with Gasteiger partial charge in [0.15, 0.2) is 12.5 Å². The number of rotatable bonds is 6. The highest BCUT2D eigenvalue weighted by atomic mass is 32.2. The number of hydrogen-bond acceptors (Lipinski definition) is 6. The van der Waals surface area contributed by atoms with Gasteiger partial charge < -0.3 is 25.5 Å². The second-order valence-electron chi connectivity index (χ2n) is 7.20. The van der Waals surface area contributed by atoms with Crippen molar-refractivity contribution in [2.24, 2.45) is 0 Å². The Balaban J connectivity index is 1.54. The number of aliphatic hydroxyl groups excluding tert-OH is 1. The third-order valence-corrected chi connectivity index (χ3v) is 6.15. The summed E-state index contributed by atoms with van der Waals surface area (Å²) < 4.78 is 13.4. The normalized spacial score (nSPS) is 21.4. The lowest BCUT2D eigenvalue weighted by Gasteiger charge is -2.36. The van der Waals surface area contributed by atoms with E-state index in [1.54, 1.807) is 12.1 Å². The first kappa shape index (κ1) is 20.7. The molecule has 2 heterocycles. The van der Waals surface area contributed by atoms with E-state index in [0.29, 0.717) is 22.9 Å². The van der Waals surface area contributed by atoms with Gasteiger partial charge in [-0.05, 0) is 29.3 Å². The van der Waals surface area contributed by atoms with E-state index in [-0.39, 0.29) is 18.8 Å². The number of nitrogens with zero attached hydrogens (tertiary/aromatic N) is 1. The number of benzene rings is 2. The minimum absolute atomic E-state index is 0.00632. The van der Waals surface area contributed by atoms with Crippen molar-refractivity contribution in [3.8, 4) is 0 Å². The minimum atomic E-state index is -0.550. The maximum Gasteiger partial charge on any atom is 0.251 e. The number of aliphatic hydroxyl groups is 1. The quantitative estimate of drug-likeness (QED) is 0.271. The third kappa shape index (κ3) is 4.94. The average molecular weight is 425 g/mol. The zero-order chi connectivity index (χ0) is 20.9. The molecule has 0 amide bonds. The lowest BCUT2D eigenvalue weighted by molar-refractivity contribution is -0.645. The van der Waals surface area contributed by atoms with Crippen LogP contribution in [0.3, 0.4) is 0 Å². The molecule has 1 aliphatic heterocycles. The molecule has 0 spiro atoms. The van der Waals surface area contributed by atoms with Gasteiger partial charge in [-0.15, -0.1) is 0 Å². The van der Waals surface area contributed by atoms with Crippen LogP contribution >= 0.6 is 11.8 Å². The fourth-order valence-corrected chi connectivity index (χ4v) is 4.37. The van der Waals surface area contributed by atoms with Crippen molar-refractivity contribution >= 4 is 17.4 Å². The summed E-state index contributed by atoms with van der Waals surface area (Å²) in [5, 5.41) is 21.9. The predicted molar refractivity (Wildman–Crippen MR) is 115 cm³/mol. The first-order valence-corrected chi connectivity index (χ1v) is 10.8. The summed E-state index contributed by atoms with van der Waals surface area (Å²) in [5.41, 5.74) is 9.35. The first-order chi connectivity index (χ1) is 14.6. The highest BCUT2D eigenvalue weighted by Gasteiger charge is 2.32. The standard InChI is InChI=1S/C23H24N2O4S/c24-19-5-3-4-18(12-19)23-28-20(15-30-22-6-1-2-11-25(22)27)13-21(29-23)17-9-7-16(14-26)8-10-17/h1-12,20-21,23,26H,13-15,24H2/t20-,21+,23+/m1/s1. The molecule has 1 saturated heterocycles. The molecule has 4 rings (SSSR count). The van der Waals surface area contributed by atoms with Crippen LogP contribution in [0.1, 0.15) is 35.5 Å². The second-order valence-corrected chi connectivity index (χ2v) is 8.24. The highest BCUT2D eigenvalue weighted by molar-refractivity contribution is 7.99. The largest absolute Gasteiger partial charge is 0.618 e. The van der Waals surface area contributed by atoms with Crippen molar-refractivity contribution in [1.29, 1.82) is 0 Å². The van der Waals surface area contributed by atoms with Crippen LogP contribution in [0.2, 0.25) is 0 Å².